The molecule has 86 valence electrons. The van der Waals surface area contributed by atoms with Crippen molar-refractivity contribution < 1.29 is 0 Å². The molecule has 1 aliphatic heterocycles. The van der Waals surface area contributed by atoms with E-state index in [2.05, 4.69) is 34.1 Å². The molecule has 2 heterocycles. The Morgan fingerprint density at radius 2 is 1.82 bits per heavy atom. The Bertz CT molecular complexity index is 538. The molecule has 0 bridgehead atoms. The number of benzene rings is 1. The molecule has 0 aliphatic carbocycles. The van der Waals surface area contributed by atoms with Gasteiger partial charge in [0.15, 0.2) is 5.82 Å². The number of hydrogen-bond acceptors (Lipinski definition) is 3. The zero-order chi connectivity index (χ0) is 11.8. The monoisotopic (exact) mass is 225 g/mol. The number of nitrogen functional groups attached to an aromatic ring is 1. The van der Waals surface area contributed by atoms with E-state index in [0.29, 0.717) is 0 Å². The highest BCUT2D eigenvalue weighted by atomic mass is 15.2. The zero-order valence-electron chi connectivity index (χ0n) is 9.85. The Morgan fingerprint density at radius 1 is 1.18 bits per heavy atom. The summed E-state index contributed by atoms with van der Waals surface area (Å²) >= 11 is 0. The predicted octanol–water partition coefficient (Wildman–Crippen LogP) is 2.49. The number of pyridine rings is 1. The van der Waals surface area contributed by atoms with Crippen LogP contribution in [0, 0.1) is 6.92 Å². The van der Waals surface area contributed by atoms with Gasteiger partial charge in [-0.2, -0.15) is 0 Å². The fraction of sp³-hybridized carbons (Fsp3) is 0.214. The number of rotatable bonds is 1. The minimum Gasteiger partial charge on any atom is -0.396 e. The first-order chi connectivity index (χ1) is 8.24. The van der Waals surface area contributed by atoms with E-state index in [-0.39, 0.29) is 0 Å². The van der Waals surface area contributed by atoms with E-state index in [1.807, 2.05) is 19.2 Å². The van der Waals surface area contributed by atoms with Crippen LogP contribution in [0.25, 0.3) is 0 Å². The van der Waals surface area contributed by atoms with Gasteiger partial charge in [-0.1, -0.05) is 24.3 Å². The maximum absolute atomic E-state index is 6.03. The van der Waals surface area contributed by atoms with Gasteiger partial charge < -0.3 is 10.6 Å². The molecule has 2 aromatic rings. The van der Waals surface area contributed by atoms with E-state index in [1.54, 1.807) is 0 Å². The van der Waals surface area contributed by atoms with Crippen LogP contribution in [0.3, 0.4) is 0 Å². The molecule has 1 aliphatic rings. The Balaban J connectivity index is 1.94. The fourth-order valence-electron chi connectivity index (χ4n) is 2.33. The lowest BCUT2D eigenvalue weighted by Crippen LogP contribution is -2.17. The lowest BCUT2D eigenvalue weighted by Gasteiger charge is -2.18. The van der Waals surface area contributed by atoms with Crippen LogP contribution in [0.15, 0.2) is 36.5 Å². The van der Waals surface area contributed by atoms with Crippen molar-refractivity contribution in [3.8, 4) is 0 Å². The maximum atomic E-state index is 6.03. The molecule has 0 unspecified atom stereocenters. The van der Waals surface area contributed by atoms with Gasteiger partial charge in [0.2, 0.25) is 0 Å². The van der Waals surface area contributed by atoms with Crippen molar-refractivity contribution >= 4 is 11.5 Å². The Morgan fingerprint density at radius 3 is 2.41 bits per heavy atom. The van der Waals surface area contributed by atoms with Crippen LogP contribution in [0.2, 0.25) is 0 Å². The largest absolute Gasteiger partial charge is 0.396 e. The van der Waals surface area contributed by atoms with E-state index in [9.17, 15) is 0 Å². The molecule has 0 fully saturated rings. The lowest BCUT2D eigenvalue weighted by molar-refractivity contribution is 0.858. The van der Waals surface area contributed by atoms with Crippen molar-refractivity contribution in [3.63, 3.8) is 0 Å². The summed E-state index contributed by atoms with van der Waals surface area (Å²) in [7, 11) is 0. The Hall–Kier alpha value is -2.03. The molecule has 1 aromatic heterocycles. The molecule has 2 N–H and O–H groups in total. The highest BCUT2D eigenvalue weighted by Crippen LogP contribution is 2.30. The number of aromatic nitrogens is 1. The van der Waals surface area contributed by atoms with Crippen molar-refractivity contribution in [2.24, 2.45) is 0 Å². The van der Waals surface area contributed by atoms with Gasteiger partial charge in [0.25, 0.3) is 0 Å². The molecule has 0 radical (unpaired) electrons. The molecule has 0 saturated carbocycles. The molecular formula is C14H15N3. The van der Waals surface area contributed by atoms with Crippen LogP contribution in [-0.2, 0) is 13.1 Å². The normalized spacial score (nSPS) is 13.8. The molecule has 0 spiro atoms. The van der Waals surface area contributed by atoms with Crippen LogP contribution in [-0.4, -0.2) is 4.98 Å². The van der Waals surface area contributed by atoms with Gasteiger partial charge in [0, 0.05) is 19.3 Å². The summed E-state index contributed by atoms with van der Waals surface area (Å²) in [6.07, 6.45) is 1.87. The summed E-state index contributed by atoms with van der Waals surface area (Å²) in [5, 5.41) is 0. The van der Waals surface area contributed by atoms with Crippen LogP contribution < -0.4 is 10.6 Å². The standard InChI is InChI=1S/C14H15N3/c1-10-6-13(15)14(16-7-10)17-8-11-4-2-3-5-12(11)9-17/h2-7H,8-9,15H2,1H3. The van der Waals surface area contributed by atoms with Gasteiger partial charge in [-0.15, -0.1) is 0 Å². The first-order valence-corrected chi connectivity index (χ1v) is 5.78. The average molecular weight is 225 g/mol. The summed E-state index contributed by atoms with van der Waals surface area (Å²) < 4.78 is 0. The molecule has 1 aromatic carbocycles. The topological polar surface area (TPSA) is 42.2 Å². The molecule has 0 amide bonds. The summed E-state index contributed by atoms with van der Waals surface area (Å²) in [5.74, 6) is 0.895. The molecule has 3 heteroatoms. The Kier molecular flexibility index (Phi) is 2.25. The van der Waals surface area contributed by atoms with Crippen molar-refractivity contribution in [3.05, 3.63) is 53.2 Å². The first-order valence-electron chi connectivity index (χ1n) is 5.78. The van der Waals surface area contributed by atoms with Gasteiger partial charge in [-0.05, 0) is 29.7 Å². The zero-order valence-corrected chi connectivity index (χ0v) is 9.85. The number of hydrogen-bond donors (Lipinski definition) is 1. The SMILES string of the molecule is Cc1cnc(N2Cc3ccccc3C2)c(N)c1. The minimum absolute atomic E-state index is 0.762. The van der Waals surface area contributed by atoms with Crippen LogP contribution >= 0.6 is 0 Å². The number of anilines is 2. The van der Waals surface area contributed by atoms with Gasteiger partial charge >= 0.3 is 0 Å². The number of aryl methyl sites for hydroxylation is 1. The predicted molar refractivity (Wildman–Crippen MR) is 69.7 cm³/mol. The smallest absolute Gasteiger partial charge is 0.152 e. The van der Waals surface area contributed by atoms with Crippen LogP contribution in [0.5, 0.6) is 0 Å². The second kappa shape index (κ2) is 3.77. The summed E-state index contributed by atoms with van der Waals surface area (Å²) in [6, 6.07) is 10.5. The van der Waals surface area contributed by atoms with Crippen molar-refractivity contribution in [2.45, 2.75) is 20.0 Å². The molecule has 3 nitrogen and oxygen atoms in total. The number of fused-ring (bicyclic) bond motifs is 1. The molecule has 0 atom stereocenters. The second-order valence-corrected chi connectivity index (χ2v) is 4.55. The summed E-state index contributed by atoms with van der Waals surface area (Å²) in [4.78, 5) is 6.67. The second-order valence-electron chi connectivity index (χ2n) is 4.55. The third kappa shape index (κ3) is 1.73. The fourth-order valence-corrected chi connectivity index (χ4v) is 2.33. The van der Waals surface area contributed by atoms with E-state index < -0.39 is 0 Å². The number of nitrogens with zero attached hydrogens (tertiary/aromatic N) is 2. The van der Waals surface area contributed by atoms with Gasteiger partial charge in [0.1, 0.15) is 0 Å². The van der Waals surface area contributed by atoms with E-state index in [0.717, 1.165) is 30.2 Å². The van der Waals surface area contributed by atoms with Crippen LogP contribution in [0.1, 0.15) is 16.7 Å². The highest BCUT2D eigenvalue weighted by molar-refractivity contribution is 5.64. The number of nitrogens with two attached hydrogens (primary N) is 1. The molecule has 0 saturated heterocycles. The van der Waals surface area contributed by atoms with E-state index in [1.165, 1.54) is 11.1 Å². The average Bonchev–Trinajstić information content (AvgIpc) is 2.72. The van der Waals surface area contributed by atoms with Crippen molar-refractivity contribution in [1.82, 2.24) is 4.98 Å². The first kappa shape index (κ1) is 10.1. The van der Waals surface area contributed by atoms with Gasteiger partial charge in [0.05, 0.1) is 5.69 Å². The van der Waals surface area contributed by atoms with Gasteiger partial charge in [-0.3, -0.25) is 0 Å². The van der Waals surface area contributed by atoms with E-state index in [4.69, 9.17) is 5.73 Å². The lowest BCUT2D eigenvalue weighted by atomic mass is 10.1. The minimum atomic E-state index is 0.762. The maximum Gasteiger partial charge on any atom is 0.152 e. The Labute approximate surface area is 101 Å². The third-order valence-corrected chi connectivity index (χ3v) is 3.17. The van der Waals surface area contributed by atoms with Gasteiger partial charge in [-0.25, -0.2) is 4.98 Å². The molecule has 3 rings (SSSR count). The molecule has 17 heavy (non-hydrogen) atoms. The van der Waals surface area contributed by atoms with Crippen molar-refractivity contribution in [2.75, 3.05) is 10.6 Å². The van der Waals surface area contributed by atoms with Crippen molar-refractivity contribution in [1.29, 1.82) is 0 Å². The molecular weight excluding hydrogens is 210 g/mol. The van der Waals surface area contributed by atoms with Crippen LogP contribution in [0.4, 0.5) is 11.5 Å². The quantitative estimate of drug-likeness (QED) is 0.810. The van der Waals surface area contributed by atoms with E-state index >= 15 is 0 Å². The summed E-state index contributed by atoms with van der Waals surface area (Å²) in [6.45, 7) is 3.80. The summed E-state index contributed by atoms with van der Waals surface area (Å²) in [5.41, 5.74) is 10.6. The highest BCUT2D eigenvalue weighted by Gasteiger charge is 2.20. The third-order valence-electron chi connectivity index (χ3n) is 3.17.